The van der Waals surface area contributed by atoms with Gasteiger partial charge in [0.1, 0.15) is 23.1 Å². The van der Waals surface area contributed by atoms with Crippen LogP contribution in [-0.4, -0.2) is 19.6 Å². The van der Waals surface area contributed by atoms with Crippen molar-refractivity contribution < 1.29 is 5.11 Å². The van der Waals surface area contributed by atoms with Gasteiger partial charge in [0.15, 0.2) is 5.82 Å². The van der Waals surface area contributed by atoms with Crippen LogP contribution in [0, 0.1) is 0 Å². The topological polar surface area (TPSA) is 77.0 Å². The summed E-state index contributed by atoms with van der Waals surface area (Å²) in [5.74, 6) is 0.666. The number of hydrogen-bond acceptors (Lipinski definition) is 4. The third-order valence-corrected chi connectivity index (χ3v) is 4.35. The summed E-state index contributed by atoms with van der Waals surface area (Å²) in [7, 11) is 0. The molecule has 5 nitrogen and oxygen atoms in total. The minimum Gasteiger partial charge on any atom is -0.508 e. The van der Waals surface area contributed by atoms with Crippen molar-refractivity contribution in [1.29, 1.82) is 0 Å². The Bertz CT molecular complexity index is 911. The summed E-state index contributed by atoms with van der Waals surface area (Å²) >= 11 is 0. The summed E-state index contributed by atoms with van der Waals surface area (Å²) in [6.07, 6.45) is 10.5. The van der Waals surface area contributed by atoms with Gasteiger partial charge >= 0.3 is 0 Å². The molecule has 1 aromatic carbocycles. The molecule has 2 aromatic heterocycles. The minimum atomic E-state index is 0.221. The standard InChI is InChI=1S/C18H18N4O/c19-18-17-16(20-11-21-18)15(12-5-2-1-3-6-12)10-22(17)13-7-4-8-14(23)9-13/h4-5,7-11,23H,1-3,6H2,(H2,19,20,21). The van der Waals surface area contributed by atoms with Crippen LogP contribution in [0.2, 0.25) is 0 Å². The third kappa shape index (κ3) is 2.34. The van der Waals surface area contributed by atoms with E-state index in [2.05, 4.69) is 22.2 Å². The summed E-state index contributed by atoms with van der Waals surface area (Å²) in [6, 6.07) is 7.12. The minimum absolute atomic E-state index is 0.221. The van der Waals surface area contributed by atoms with Crippen molar-refractivity contribution >= 4 is 22.4 Å². The lowest BCUT2D eigenvalue weighted by molar-refractivity contribution is 0.475. The number of anilines is 1. The zero-order valence-electron chi connectivity index (χ0n) is 12.7. The van der Waals surface area contributed by atoms with Crippen molar-refractivity contribution in [3.8, 4) is 11.4 Å². The molecular weight excluding hydrogens is 288 g/mol. The molecule has 0 aliphatic heterocycles. The Hall–Kier alpha value is -2.82. The fourth-order valence-corrected chi connectivity index (χ4v) is 3.25. The maximum absolute atomic E-state index is 9.78. The van der Waals surface area contributed by atoms with E-state index in [1.807, 2.05) is 16.7 Å². The average Bonchev–Trinajstić information content (AvgIpc) is 2.97. The predicted octanol–water partition coefficient (Wildman–Crippen LogP) is 3.67. The molecule has 0 fully saturated rings. The first-order valence-corrected chi connectivity index (χ1v) is 7.84. The summed E-state index contributed by atoms with van der Waals surface area (Å²) in [4.78, 5) is 8.61. The van der Waals surface area contributed by atoms with Crippen LogP contribution in [0.1, 0.15) is 31.2 Å². The highest BCUT2D eigenvalue weighted by Gasteiger charge is 2.18. The summed E-state index contributed by atoms with van der Waals surface area (Å²) < 4.78 is 1.97. The molecule has 5 heteroatoms. The van der Waals surface area contributed by atoms with Crippen LogP contribution in [0.5, 0.6) is 5.75 Å². The van der Waals surface area contributed by atoms with Crippen molar-refractivity contribution in [3.63, 3.8) is 0 Å². The monoisotopic (exact) mass is 306 g/mol. The lowest BCUT2D eigenvalue weighted by Gasteiger charge is -2.11. The molecule has 0 bridgehead atoms. The molecule has 0 amide bonds. The van der Waals surface area contributed by atoms with Gasteiger partial charge in [-0.2, -0.15) is 0 Å². The van der Waals surface area contributed by atoms with Gasteiger partial charge in [0.25, 0.3) is 0 Å². The van der Waals surface area contributed by atoms with Crippen molar-refractivity contribution in [1.82, 2.24) is 14.5 Å². The van der Waals surface area contributed by atoms with E-state index in [0.29, 0.717) is 5.82 Å². The Morgan fingerprint density at radius 3 is 2.87 bits per heavy atom. The van der Waals surface area contributed by atoms with Gasteiger partial charge < -0.3 is 15.4 Å². The molecule has 116 valence electrons. The Morgan fingerprint density at radius 2 is 2.09 bits per heavy atom. The first kappa shape index (κ1) is 13.8. The van der Waals surface area contributed by atoms with Crippen LogP contribution >= 0.6 is 0 Å². The molecule has 0 radical (unpaired) electrons. The van der Waals surface area contributed by atoms with Crippen LogP contribution < -0.4 is 5.73 Å². The van der Waals surface area contributed by atoms with Gasteiger partial charge in [0.05, 0.1) is 0 Å². The normalized spacial score (nSPS) is 14.9. The number of rotatable bonds is 2. The Balaban J connectivity index is 1.99. The van der Waals surface area contributed by atoms with Gasteiger partial charge in [-0.1, -0.05) is 12.1 Å². The SMILES string of the molecule is Nc1ncnc2c(C3=CCCCC3)cn(-c3cccc(O)c3)c12. The Kier molecular flexibility index (Phi) is 3.26. The molecule has 0 atom stereocenters. The van der Waals surface area contributed by atoms with Crippen LogP contribution in [0.4, 0.5) is 5.82 Å². The fourth-order valence-electron chi connectivity index (χ4n) is 3.25. The predicted molar refractivity (Wildman–Crippen MR) is 91.4 cm³/mol. The number of phenolic OH excluding ortho intramolecular Hbond substituents is 1. The van der Waals surface area contributed by atoms with E-state index >= 15 is 0 Å². The first-order valence-electron chi connectivity index (χ1n) is 7.84. The molecular formula is C18H18N4O. The number of nitrogen functional groups attached to an aromatic ring is 1. The molecule has 4 rings (SSSR count). The van der Waals surface area contributed by atoms with Crippen LogP contribution in [0.25, 0.3) is 22.3 Å². The molecule has 1 aliphatic rings. The molecule has 0 saturated carbocycles. The number of nitrogens with two attached hydrogens (primary N) is 1. The molecule has 23 heavy (non-hydrogen) atoms. The molecule has 3 N–H and O–H groups in total. The largest absolute Gasteiger partial charge is 0.508 e. The number of phenols is 1. The van der Waals surface area contributed by atoms with Crippen molar-refractivity contribution in [2.75, 3.05) is 5.73 Å². The highest BCUT2D eigenvalue weighted by molar-refractivity contribution is 5.96. The van der Waals surface area contributed by atoms with Crippen LogP contribution in [0.3, 0.4) is 0 Å². The second-order valence-corrected chi connectivity index (χ2v) is 5.86. The average molecular weight is 306 g/mol. The van der Waals surface area contributed by atoms with E-state index < -0.39 is 0 Å². The number of allylic oxidation sites excluding steroid dienone is 2. The Labute approximate surface area is 134 Å². The zero-order chi connectivity index (χ0) is 15.8. The van der Waals surface area contributed by atoms with Crippen molar-refractivity contribution in [2.24, 2.45) is 0 Å². The number of fused-ring (bicyclic) bond motifs is 1. The van der Waals surface area contributed by atoms with Crippen LogP contribution in [0.15, 0.2) is 42.9 Å². The fraction of sp³-hybridized carbons (Fsp3) is 0.222. The molecule has 0 unspecified atom stereocenters. The maximum Gasteiger partial charge on any atom is 0.151 e. The summed E-state index contributed by atoms with van der Waals surface area (Å²) in [5, 5.41) is 9.78. The molecule has 3 aromatic rings. The lowest BCUT2D eigenvalue weighted by atomic mass is 9.95. The molecule has 0 spiro atoms. The van der Waals surface area contributed by atoms with Crippen molar-refractivity contribution in [2.45, 2.75) is 25.7 Å². The zero-order valence-corrected chi connectivity index (χ0v) is 12.7. The third-order valence-electron chi connectivity index (χ3n) is 4.35. The van der Waals surface area contributed by atoms with E-state index in [9.17, 15) is 5.11 Å². The van der Waals surface area contributed by atoms with Gasteiger partial charge in [0, 0.05) is 23.5 Å². The number of hydrogen-bond donors (Lipinski definition) is 2. The number of aromatic hydroxyl groups is 1. The van der Waals surface area contributed by atoms with Crippen molar-refractivity contribution in [3.05, 3.63) is 48.4 Å². The van der Waals surface area contributed by atoms with Gasteiger partial charge in [-0.05, 0) is 43.4 Å². The smallest absolute Gasteiger partial charge is 0.151 e. The van der Waals surface area contributed by atoms with Crippen LogP contribution in [-0.2, 0) is 0 Å². The van der Waals surface area contributed by atoms with E-state index in [-0.39, 0.29) is 5.75 Å². The van der Waals surface area contributed by atoms with Gasteiger partial charge in [0.2, 0.25) is 0 Å². The van der Waals surface area contributed by atoms with E-state index in [0.717, 1.165) is 35.1 Å². The number of benzene rings is 1. The molecule has 2 heterocycles. The second kappa shape index (κ2) is 5.43. The van der Waals surface area contributed by atoms with E-state index in [1.54, 1.807) is 12.1 Å². The maximum atomic E-state index is 9.78. The summed E-state index contributed by atoms with van der Waals surface area (Å²) in [5.41, 5.74) is 11.1. The number of nitrogens with zero attached hydrogens (tertiary/aromatic N) is 3. The highest BCUT2D eigenvalue weighted by Crippen LogP contribution is 2.35. The summed E-state index contributed by atoms with van der Waals surface area (Å²) in [6.45, 7) is 0. The molecule has 0 saturated heterocycles. The van der Waals surface area contributed by atoms with Gasteiger partial charge in [-0.15, -0.1) is 0 Å². The lowest BCUT2D eigenvalue weighted by Crippen LogP contribution is -1.98. The van der Waals surface area contributed by atoms with Gasteiger partial charge in [-0.3, -0.25) is 0 Å². The van der Waals surface area contributed by atoms with Gasteiger partial charge in [-0.25, -0.2) is 9.97 Å². The van der Waals surface area contributed by atoms with E-state index in [4.69, 9.17) is 5.73 Å². The van der Waals surface area contributed by atoms with E-state index in [1.165, 1.54) is 24.7 Å². The second-order valence-electron chi connectivity index (χ2n) is 5.86. The number of aromatic nitrogens is 3. The quantitative estimate of drug-likeness (QED) is 0.757. The first-order chi connectivity index (χ1) is 11.2. The highest BCUT2D eigenvalue weighted by atomic mass is 16.3. The Morgan fingerprint density at radius 1 is 1.17 bits per heavy atom. The molecule has 1 aliphatic carbocycles.